The van der Waals surface area contributed by atoms with E-state index < -0.39 is 36.3 Å². The van der Waals surface area contributed by atoms with Gasteiger partial charge in [-0.1, -0.05) is 12.1 Å². The molecule has 0 aliphatic heterocycles. The van der Waals surface area contributed by atoms with Crippen LogP contribution >= 0.6 is 0 Å². The van der Waals surface area contributed by atoms with Crippen LogP contribution in [-0.4, -0.2) is 41.6 Å². The number of nitrogens with one attached hydrogen (secondary N) is 3. The number of ether oxygens (including phenoxy) is 2. The van der Waals surface area contributed by atoms with Gasteiger partial charge in [0.1, 0.15) is 11.5 Å². The van der Waals surface area contributed by atoms with Gasteiger partial charge >= 0.3 is 18.0 Å². The van der Waals surface area contributed by atoms with Crippen molar-refractivity contribution in [1.29, 1.82) is 0 Å². The number of benzene rings is 1. The number of para-hydroxylation sites is 1. The minimum atomic E-state index is -0.980. The van der Waals surface area contributed by atoms with Gasteiger partial charge in [-0.2, -0.15) is 0 Å². The summed E-state index contributed by atoms with van der Waals surface area (Å²) in [5.74, 6) is -3.06. The summed E-state index contributed by atoms with van der Waals surface area (Å²) < 4.78 is 23.5. The van der Waals surface area contributed by atoms with Crippen LogP contribution in [0.1, 0.15) is 46.0 Å². The number of carbonyl (C=O) groups excluding carboxylic acids is 4. The molecule has 1 heterocycles. The van der Waals surface area contributed by atoms with Crippen molar-refractivity contribution in [3.63, 3.8) is 0 Å². The highest BCUT2D eigenvalue weighted by molar-refractivity contribution is 6.03. The molecule has 0 aliphatic carbocycles. The fourth-order valence-electron chi connectivity index (χ4n) is 2.62. The zero-order valence-corrected chi connectivity index (χ0v) is 16.9. The van der Waals surface area contributed by atoms with Gasteiger partial charge in [0.05, 0.1) is 17.4 Å². The Labute approximate surface area is 171 Å². The predicted molar refractivity (Wildman–Crippen MR) is 105 cm³/mol. The topological polar surface area (TPSA) is 127 Å². The van der Waals surface area contributed by atoms with Crippen molar-refractivity contribution in [3.8, 4) is 0 Å². The largest absolute Gasteiger partial charge is 0.459 e. The third-order valence-corrected chi connectivity index (χ3v) is 3.90. The molecule has 3 N–H and O–H groups in total. The molecule has 0 fully saturated rings. The van der Waals surface area contributed by atoms with E-state index in [2.05, 4.69) is 10.3 Å². The first-order valence-corrected chi connectivity index (χ1v) is 9.02. The molecule has 0 spiro atoms. The number of amides is 3. The van der Waals surface area contributed by atoms with E-state index in [1.165, 1.54) is 18.2 Å². The molecule has 1 aromatic carbocycles. The zero-order valence-electron chi connectivity index (χ0n) is 16.9. The van der Waals surface area contributed by atoms with Crippen LogP contribution in [-0.2, 0) is 14.3 Å². The van der Waals surface area contributed by atoms with E-state index in [0.717, 1.165) is 6.07 Å². The molecule has 2 rings (SSSR count). The smallest absolute Gasteiger partial charge is 0.355 e. The standard InChI is InChI=1S/C20H22FN3O6/c1-10(2)30-18(26)16-11(3)17(22-12(16)4)19(27)29-9-15(25)24-20(28)23-14-8-6-5-7-13(14)21/h5-8,10,22H,9H2,1-4H3,(H2,23,24,25,28). The maximum atomic E-state index is 13.5. The lowest BCUT2D eigenvalue weighted by molar-refractivity contribution is -0.123. The summed E-state index contributed by atoms with van der Waals surface area (Å²) in [5, 5.41) is 4.08. The van der Waals surface area contributed by atoms with Gasteiger partial charge in [-0.25, -0.2) is 18.8 Å². The molecule has 0 atom stereocenters. The van der Waals surface area contributed by atoms with Crippen LogP contribution in [0.4, 0.5) is 14.9 Å². The van der Waals surface area contributed by atoms with Crippen molar-refractivity contribution in [2.75, 3.05) is 11.9 Å². The van der Waals surface area contributed by atoms with Gasteiger partial charge in [0.15, 0.2) is 6.61 Å². The molecule has 30 heavy (non-hydrogen) atoms. The van der Waals surface area contributed by atoms with E-state index in [-0.39, 0.29) is 23.0 Å². The van der Waals surface area contributed by atoms with Gasteiger partial charge in [0.25, 0.3) is 5.91 Å². The zero-order chi connectivity index (χ0) is 22.4. The summed E-state index contributed by atoms with van der Waals surface area (Å²) in [4.78, 5) is 50.7. The quantitative estimate of drug-likeness (QED) is 0.618. The number of urea groups is 1. The number of carbonyl (C=O) groups is 4. The molecular formula is C20H22FN3O6. The third kappa shape index (κ3) is 5.66. The van der Waals surface area contributed by atoms with Crippen LogP contribution < -0.4 is 10.6 Å². The van der Waals surface area contributed by atoms with Gasteiger partial charge in [-0.15, -0.1) is 0 Å². The number of aryl methyl sites for hydroxylation is 1. The Balaban J connectivity index is 1.94. The highest BCUT2D eigenvalue weighted by Gasteiger charge is 2.25. The van der Waals surface area contributed by atoms with Crippen molar-refractivity contribution in [3.05, 3.63) is 52.6 Å². The number of anilines is 1. The fraction of sp³-hybridized carbons (Fsp3) is 0.300. The number of esters is 2. The number of H-pyrrole nitrogens is 1. The van der Waals surface area contributed by atoms with E-state index in [1.54, 1.807) is 27.7 Å². The van der Waals surface area contributed by atoms with Crippen molar-refractivity contribution in [1.82, 2.24) is 10.3 Å². The van der Waals surface area contributed by atoms with E-state index in [9.17, 15) is 23.6 Å². The van der Waals surface area contributed by atoms with Gasteiger partial charge in [0.2, 0.25) is 0 Å². The van der Waals surface area contributed by atoms with Gasteiger partial charge in [-0.05, 0) is 45.4 Å². The molecule has 9 nitrogen and oxygen atoms in total. The number of aromatic nitrogens is 1. The van der Waals surface area contributed by atoms with Crippen molar-refractivity contribution in [2.24, 2.45) is 0 Å². The Hall–Kier alpha value is -3.69. The van der Waals surface area contributed by atoms with Crippen LogP contribution in [0.15, 0.2) is 24.3 Å². The van der Waals surface area contributed by atoms with Crippen molar-refractivity contribution < 1.29 is 33.0 Å². The molecule has 0 radical (unpaired) electrons. The van der Waals surface area contributed by atoms with Crippen LogP contribution in [0.3, 0.4) is 0 Å². The molecule has 0 aliphatic rings. The summed E-state index contributed by atoms with van der Waals surface area (Å²) >= 11 is 0. The average molecular weight is 419 g/mol. The number of hydrogen-bond donors (Lipinski definition) is 3. The Morgan fingerprint density at radius 3 is 2.40 bits per heavy atom. The molecule has 10 heteroatoms. The number of imide groups is 1. The number of halogens is 1. The normalized spacial score (nSPS) is 10.5. The summed E-state index contributed by atoms with van der Waals surface area (Å²) in [6.07, 6.45) is -0.333. The molecule has 160 valence electrons. The summed E-state index contributed by atoms with van der Waals surface area (Å²) in [6.45, 7) is 5.78. The molecule has 0 unspecified atom stereocenters. The van der Waals surface area contributed by atoms with Gasteiger partial charge < -0.3 is 19.8 Å². The first-order chi connectivity index (χ1) is 14.1. The second kappa shape index (κ2) is 9.68. The van der Waals surface area contributed by atoms with E-state index in [0.29, 0.717) is 11.3 Å². The third-order valence-electron chi connectivity index (χ3n) is 3.90. The lowest BCUT2D eigenvalue weighted by atomic mass is 10.1. The fourth-order valence-corrected chi connectivity index (χ4v) is 2.62. The monoisotopic (exact) mass is 419 g/mol. The Bertz CT molecular complexity index is 983. The van der Waals surface area contributed by atoms with Crippen LogP contribution in [0.2, 0.25) is 0 Å². The highest BCUT2D eigenvalue weighted by atomic mass is 19.1. The minimum absolute atomic E-state index is 0.00758. The molecule has 2 aromatic rings. The van der Waals surface area contributed by atoms with Gasteiger partial charge in [0, 0.05) is 5.69 Å². The van der Waals surface area contributed by atoms with Crippen LogP contribution in [0, 0.1) is 19.7 Å². The molecule has 0 saturated carbocycles. The highest BCUT2D eigenvalue weighted by Crippen LogP contribution is 2.20. The van der Waals surface area contributed by atoms with Crippen LogP contribution in [0.5, 0.6) is 0 Å². The summed E-state index contributed by atoms with van der Waals surface area (Å²) in [5.41, 5.74) is 0.828. The van der Waals surface area contributed by atoms with E-state index in [4.69, 9.17) is 9.47 Å². The van der Waals surface area contributed by atoms with Crippen LogP contribution in [0.25, 0.3) is 0 Å². The minimum Gasteiger partial charge on any atom is -0.459 e. The lowest BCUT2D eigenvalue weighted by Gasteiger charge is -2.09. The lowest BCUT2D eigenvalue weighted by Crippen LogP contribution is -2.37. The SMILES string of the molecule is Cc1[nH]c(C(=O)OCC(=O)NC(=O)Nc2ccccc2F)c(C)c1C(=O)OC(C)C. The summed E-state index contributed by atoms with van der Waals surface area (Å²) in [6, 6.07) is 4.44. The number of aromatic amines is 1. The van der Waals surface area contributed by atoms with Gasteiger partial charge in [-0.3, -0.25) is 10.1 Å². The number of hydrogen-bond acceptors (Lipinski definition) is 6. The molecule has 0 saturated heterocycles. The Morgan fingerprint density at radius 2 is 1.77 bits per heavy atom. The Kier molecular flexibility index (Phi) is 7.29. The molecule has 3 amide bonds. The molecular weight excluding hydrogens is 397 g/mol. The molecule has 0 bridgehead atoms. The average Bonchev–Trinajstić information content (AvgIpc) is 2.95. The summed E-state index contributed by atoms with van der Waals surface area (Å²) in [7, 11) is 0. The van der Waals surface area contributed by atoms with E-state index in [1.807, 2.05) is 5.32 Å². The van der Waals surface area contributed by atoms with Crippen molar-refractivity contribution >= 4 is 29.6 Å². The number of rotatable bonds is 6. The van der Waals surface area contributed by atoms with Crippen molar-refractivity contribution in [2.45, 2.75) is 33.8 Å². The predicted octanol–water partition coefficient (Wildman–Crippen LogP) is 2.84. The second-order valence-corrected chi connectivity index (χ2v) is 6.64. The van der Waals surface area contributed by atoms with E-state index >= 15 is 0 Å². The first kappa shape index (κ1) is 22.6. The first-order valence-electron chi connectivity index (χ1n) is 9.02. The molecule has 1 aromatic heterocycles. The Morgan fingerprint density at radius 1 is 1.10 bits per heavy atom. The maximum Gasteiger partial charge on any atom is 0.355 e. The maximum absolute atomic E-state index is 13.5. The second-order valence-electron chi connectivity index (χ2n) is 6.64.